The lowest BCUT2D eigenvalue weighted by molar-refractivity contribution is 0.483. The maximum Gasteiger partial charge on any atom is 0.137 e. The summed E-state index contributed by atoms with van der Waals surface area (Å²) in [6, 6.07) is 29.8. The van der Waals surface area contributed by atoms with E-state index in [9.17, 15) is 0 Å². The predicted molar refractivity (Wildman–Crippen MR) is 208 cm³/mol. The molecule has 5 heteroatoms. The Hall–Kier alpha value is -5.16. The summed E-state index contributed by atoms with van der Waals surface area (Å²) in [4.78, 5) is 4.74. The summed E-state index contributed by atoms with van der Waals surface area (Å²) in [6.45, 7) is 11.3. The van der Waals surface area contributed by atoms with Crippen molar-refractivity contribution in [3.63, 3.8) is 0 Å². The van der Waals surface area contributed by atoms with Gasteiger partial charge in [0.2, 0.25) is 0 Å². The smallest absolute Gasteiger partial charge is 0.137 e. The zero-order valence-electron chi connectivity index (χ0n) is 30.2. The average Bonchev–Trinajstić information content (AvgIpc) is 3.74. The third kappa shape index (κ3) is 6.45. The van der Waals surface area contributed by atoms with Gasteiger partial charge in [0, 0.05) is 40.9 Å². The van der Waals surface area contributed by atoms with E-state index < -0.39 is 0 Å². The Kier molecular flexibility index (Phi) is 9.84. The van der Waals surface area contributed by atoms with Crippen LogP contribution < -0.4 is 4.74 Å². The molecule has 254 valence electrons. The highest BCUT2D eigenvalue weighted by Crippen LogP contribution is 2.38. The van der Waals surface area contributed by atoms with Gasteiger partial charge in [0.1, 0.15) is 17.3 Å². The van der Waals surface area contributed by atoms with E-state index >= 15 is 0 Å². The van der Waals surface area contributed by atoms with E-state index in [0.29, 0.717) is 0 Å². The number of benzene rings is 4. The second-order valence-electron chi connectivity index (χ2n) is 13.5. The molecule has 0 aliphatic carbocycles. The molecular weight excluding hydrogens is 613 g/mol. The highest BCUT2D eigenvalue weighted by atomic mass is 16.5. The van der Waals surface area contributed by atoms with Crippen LogP contribution in [0.25, 0.3) is 44.4 Å². The highest BCUT2D eigenvalue weighted by Gasteiger charge is 2.20. The normalized spacial score (nSPS) is 11.5. The molecule has 0 atom stereocenters. The predicted octanol–water partition coefficient (Wildman–Crippen LogP) is 11.9. The van der Waals surface area contributed by atoms with Gasteiger partial charge in [0.15, 0.2) is 0 Å². The zero-order chi connectivity index (χ0) is 34.6. The summed E-state index contributed by atoms with van der Waals surface area (Å²) in [7, 11) is 0. The van der Waals surface area contributed by atoms with E-state index in [-0.39, 0.29) is 0 Å². The van der Waals surface area contributed by atoms with Gasteiger partial charge in [0.25, 0.3) is 0 Å². The molecule has 0 amide bonds. The van der Waals surface area contributed by atoms with Crippen molar-refractivity contribution in [2.45, 2.75) is 86.0 Å². The van der Waals surface area contributed by atoms with Gasteiger partial charge in [0.05, 0.1) is 22.9 Å². The minimum atomic E-state index is 0.767. The lowest BCUT2D eigenvalue weighted by Gasteiger charge is -2.22. The van der Waals surface area contributed by atoms with Crippen LogP contribution in [0.5, 0.6) is 11.5 Å². The van der Waals surface area contributed by atoms with Crippen molar-refractivity contribution in [1.29, 1.82) is 0 Å². The summed E-state index contributed by atoms with van der Waals surface area (Å²) in [5, 5.41) is 7.30. The van der Waals surface area contributed by atoms with Gasteiger partial charge < -0.3 is 4.74 Å². The molecule has 7 aromatic rings. The molecule has 3 aromatic heterocycles. The number of fused-ring (bicyclic) bond motifs is 3. The standard InChI is InChI=1S/C45H48N4O/c1-6-13-32-26-33(14-7-2)39(16-9-4)45(38(32)15-8-3)34-29-47-48(30-34)35-17-12-18-36(27-35)50-37-21-22-41-40-19-10-11-20-42(40)49(43(41)28-37)44-25-31(5)23-24-46-44/h10-12,17-30H,6-9,13-16H2,1-5H3. The topological polar surface area (TPSA) is 44.9 Å². The molecular formula is C45H48N4O. The van der Waals surface area contributed by atoms with Gasteiger partial charge in [-0.05, 0) is 108 Å². The first-order valence-corrected chi connectivity index (χ1v) is 18.5. The quantitative estimate of drug-likeness (QED) is 0.124. The molecule has 0 aliphatic heterocycles. The number of hydrogen-bond donors (Lipinski definition) is 0. The molecule has 50 heavy (non-hydrogen) atoms. The maximum atomic E-state index is 6.56. The number of rotatable bonds is 13. The molecule has 0 bridgehead atoms. The zero-order valence-corrected chi connectivity index (χ0v) is 30.2. The molecule has 0 saturated carbocycles. The van der Waals surface area contributed by atoms with E-state index in [2.05, 4.69) is 118 Å². The van der Waals surface area contributed by atoms with Crippen molar-refractivity contribution in [2.24, 2.45) is 0 Å². The van der Waals surface area contributed by atoms with Gasteiger partial charge in [-0.2, -0.15) is 5.10 Å². The van der Waals surface area contributed by atoms with Crippen LogP contribution in [-0.4, -0.2) is 19.3 Å². The number of aryl methyl sites for hydroxylation is 3. The number of ether oxygens (including phenoxy) is 1. The lowest BCUT2D eigenvalue weighted by Crippen LogP contribution is -2.06. The molecule has 0 radical (unpaired) electrons. The Morgan fingerprint density at radius 1 is 0.640 bits per heavy atom. The van der Waals surface area contributed by atoms with Gasteiger partial charge in [-0.3, -0.25) is 4.57 Å². The van der Waals surface area contributed by atoms with E-state index in [4.69, 9.17) is 14.8 Å². The number of aromatic nitrogens is 4. The van der Waals surface area contributed by atoms with Crippen LogP contribution >= 0.6 is 0 Å². The fourth-order valence-corrected chi connectivity index (χ4v) is 7.61. The van der Waals surface area contributed by atoms with Crippen LogP contribution in [0.4, 0.5) is 0 Å². The van der Waals surface area contributed by atoms with Gasteiger partial charge in [-0.25, -0.2) is 9.67 Å². The fraction of sp³-hybridized carbons (Fsp3) is 0.289. The van der Waals surface area contributed by atoms with Crippen LogP contribution in [0.1, 0.15) is 81.2 Å². The van der Waals surface area contributed by atoms with E-state index in [1.54, 1.807) is 0 Å². The molecule has 0 saturated heterocycles. The fourth-order valence-electron chi connectivity index (χ4n) is 7.61. The van der Waals surface area contributed by atoms with Gasteiger partial charge >= 0.3 is 0 Å². The van der Waals surface area contributed by atoms with Crippen molar-refractivity contribution < 1.29 is 4.74 Å². The second-order valence-corrected chi connectivity index (χ2v) is 13.5. The number of para-hydroxylation sites is 1. The minimum absolute atomic E-state index is 0.767. The first-order valence-electron chi connectivity index (χ1n) is 18.5. The van der Waals surface area contributed by atoms with Crippen molar-refractivity contribution in [3.05, 3.63) is 131 Å². The first kappa shape index (κ1) is 33.3. The van der Waals surface area contributed by atoms with Crippen LogP contribution in [0, 0.1) is 6.92 Å². The largest absolute Gasteiger partial charge is 0.457 e. The highest BCUT2D eigenvalue weighted by molar-refractivity contribution is 6.09. The molecule has 0 N–H and O–H groups in total. The van der Waals surface area contributed by atoms with Crippen LogP contribution in [0.3, 0.4) is 0 Å². The van der Waals surface area contributed by atoms with E-state index in [1.807, 2.05) is 29.1 Å². The van der Waals surface area contributed by atoms with Gasteiger partial charge in [-0.1, -0.05) is 83.7 Å². The molecule has 5 nitrogen and oxygen atoms in total. The molecule has 0 spiro atoms. The van der Waals surface area contributed by atoms with E-state index in [1.165, 1.54) is 49.7 Å². The summed E-state index contributed by atoms with van der Waals surface area (Å²) in [5.41, 5.74) is 13.0. The Morgan fingerprint density at radius 3 is 2.06 bits per heavy atom. The van der Waals surface area contributed by atoms with Crippen LogP contribution in [-0.2, 0) is 25.7 Å². The molecule has 4 aromatic carbocycles. The Bertz CT molecular complexity index is 2240. The summed E-state index contributed by atoms with van der Waals surface area (Å²) in [5.74, 6) is 2.44. The molecule has 0 fully saturated rings. The third-order valence-corrected chi connectivity index (χ3v) is 9.73. The van der Waals surface area contributed by atoms with Crippen LogP contribution in [0.15, 0.2) is 104 Å². The van der Waals surface area contributed by atoms with Crippen LogP contribution in [0.2, 0.25) is 0 Å². The third-order valence-electron chi connectivity index (χ3n) is 9.73. The van der Waals surface area contributed by atoms with Crippen molar-refractivity contribution in [1.82, 2.24) is 19.3 Å². The molecule has 0 aliphatic rings. The minimum Gasteiger partial charge on any atom is -0.457 e. The van der Waals surface area contributed by atoms with Crippen molar-refractivity contribution in [2.75, 3.05) is 0 Å². The summed E-state index contributed by atoms with van der Waals surface area (Å²) >= 11 is 0. The summed E-state index contributed by atoms with van der Waals surface area (Å²) < 4.78 is 10.8. The molecule has 7 rings (SSSR count). The monoisotopic (exact) mass is 660 g/mol. The average molecular weight is 661 g/mol. The number of hydrogen-bond acceptors (Lipinski definition) is 3. The second kappa shape index (κ2) is 14.8. The Morgan fingerprint density at radius 2 is 1.34 bits per heavy atom. The van der Waals surface area contributed by atoms with Crippen molar-refractivity contribution in [3.8, 4) is 34.1 Å². The first-order chi connectivity index (χ1) is 24.5. The molecule has 3 heterocycles. The Labute approximate surface area is 296 Å². The number of nitrogens with zero attached hydrogens (tertiary/aromatic N) is 4. The number of pyridine rings is 1. The molecule has 0 unspecified atom stereocenters. The van der Waals surface area contributed by atoms with E-state index in [0.717, 1.165) is 85.4 Å². The Balaban J connectivity index is 1.26. The van der Waals surface area contributed by atoms with Crippen molar-refractivity contribution >= 4 is 21.8 Å². The lowest BCUT2D eigenvalue weighted by atomic mass is 9.83. The van der Waals surface area contributed by atoms with Gasteiger partial charge in [-0.15, -0.1) is 0 Å². The SMILES string of the molecule is CCCc1cc(CCC)c(CCC)c(-c2cnn(-c3cccc(Oc4ccc5c6ccccc6n(-c6cc(C)ccn6)c5c4)c3)c2)c1CCC. The summed E-state index contributed by atoms with van der Waals surface area (Å²) in [6.07, 6.45) is 15.1. The maximum absolute atomic E-state index is 6.56.